The van der Waals surface area contributed by atoms with E-state index in [1.165, 1.54) is 24.3 Å². The van der Waals surface area contributed by atoms with E-state index < -0.39 is 10.7 Å². The molecule has 0 fully saturated rings. The van der Waals surface area contributed by atoms with Crippen molar-refractivity contribution in [2.45, 2.75) is 6.61 Å². The van der Waals surface area contributed by atoms with Gasteiger partial charge in [-0.15, -0.1) is 0 Å². The summed E-state index contributed by atoms with van der Waals surface area (Å²) in [6.07, 6.45) is 0. The zero-order valence-electron chi connectivity index (χ0n) is 10.5. The molecule has 2 aromatic carbocycles. The van der Waals surface area contributed by atoms with Gasteiger partial charge in [0.25, 0.3) is 5.69 Å². The summed E-state index contributed by atoms with van der Waals surface area (Å²) in [7, 11) is 0. The molecular formula is C14H8ClFN2O3. The van der Waals surface area contributed by atoms with E-state index in [0.717, 1.165) is 6.07 Å². The molecule has 7 heteroatoms. The van der Waals surface area contributed by atoms with Gasteiger partial charge in [-0.2, -0.15) is 5.26 Å². The van der Waals surface area contributed by atoms with Crippen molar-refractivity contribution in [1.29, 1.82) is 5.26 Å². The number of nitrogens with zero attached hydrogens (tertiary/aromatic N) is 2. The minimum atomic E-state index is -0.669. The molecule has 21 heavy (non-hydrogen) atoms. The van der Waals surface area contributed by atoms with Gasteiger partial charge in [0.2, 0.25) is 0 Å². The van der Waals surface area contributed by atoms with Crippen molar-refractivity contribution in [2.75, 3.05) is 0 Å². The van der Waals surface area contributed by atoms with E-state index in [1.807, 2.05) is 6.07 Å². The molecule has 0 atom stereocenters. The Kier molecular flexibility index (Phi) is 4.36. The van der Waals surface area contributed by atoms with E-state index in [9.17, 15) is 14.5 Å². The molecule has 2 rings (SSSR count). The average molecular weight is 307 g/mol. The minimum absolute atomic E-state index is 0.0216. The third-order valence-corrected chi connectivity index (χ3v) is 2.98. The van der Waals surface area contributed by atoms with Gasteiger partial charge in [0, 0.05) is 6.07 Å². The number of halogens is 2. The van der Waals surface area contributed by atoms with Crippen LogP contribution in [0, 0.1) is 27.3 Å². The van der Waals surface area contributed by atoms with Crippen LogP contribution < -0.4 is 4.74 Å². The first-order valence-electron chi connectivity index (χ1n) is 5.76. The molecule has 2 aromatic rings. The van der Waals surface area contributed by atoms with Gasteiger partial charge in [-0.25, -0.2) is 4.39 Å². The summed E-state index contributed by atoms with van der Waals surface area (Å²) in [5, 5.41) is 19.4. The van der Waals surface area contributed by atoms with Crippen molar-refractivity contribution in [3.63, 3.8) is 0 Å². The fraction of sp³-hybridized carbons (Fsp3) is 0.0714. The fourth-order valence-corrected chi connectivity index (χ4v) is 1.82. The van der Waals surface area contributed by atoms with Gasteiger partial charge >= 0.3 is 0 Å². The van der Waals surface area contributed by atoms with Gasteiger partial charge in [0.15, 0.2) is 11.6 Å². The van der Waals surface area contributed by atoms with Crippen LogP contribution in [-0.4, -0.2) is 4.92 Å². The number of nitro groups is 1. The van der Waals surface area contributed by atoms with Crippen LogP contribution >= 0.6 is 11.6 Å². The second-order valence-electron chi connectivity index (χ2n) is 4.09. The van der Waals surface area contributed by atoms with Gasteiger partial charge in [0.1, 0.15) is 11.6 Å². The Morgan fingerprint density at radius 3 is 2.71 bits per heavy atom. The average Bonchev–Trinajstić information content (AvgIpc) is 2.47. The van der Waals surface area contributed by atoms with Gasteiger partial charge in [-0.1, -0.05) is 17.7 Å². The summed E-state index contributed by atoms with van der Waals surface area (Å²) >= 11 is 5.69. The molecule has 0 aromatic heterocycles. The lowest BCUT2D eigenvalue weighted by atomic mass is 10.2. The molecule has 0 N–H and O–H groups in total. The topological polar surface area (TPSA) is 76.2 Å². The molecule has 0 unspecified atom stereocenters. The van der Waals surface area contributed by atoms with Crippen LogP contribution in [-0.2, 0) is 6.61 Å². The zero-order valence-corrected chi connectivity index (χ0v) is 11.3. The highest BCUT2D eigenvalue weighted by Gasteiger charge is 2.13. The normalized spacial score (nSPS) is 9.95. The molecule has 0 radical (unpaired) electrons. The maximum Gasteiger partial charge on any atom is 0.288 e. The molecule has 0 aliphatic heterocycles. The Bertz CT molecular complexity index is 743. The Morgan fingerprint density at radius 2 is 2.10 bits per heavy atom. The van der Waals surface area contributed by atoms with Gasteiger partial charge in [0.05, 0.1) is 16.6 Å². The number of benzene rings is 2. The van der Waals surface area contributed by atoms with Crippen LogP contribution in [0.2, 0.25) is 5.02 Å². The summed E-state index contributed by atoms with van der Waals surface area (Å²) in [6, 6.07) is 9.82. The molecule has 0 saturated carbocycles. The van der Waals surface area contributed by atoms with E-state index in [-0.39, 0.29) is 28.6 Å². The molecule has 0 heterocycles. The fourth-order valence-electron chi connectivity index (χ4n) is 1.64. The lowest BCUT2D eigenvalue weighted by molar-refractivity contribution is -0.384. The predicted molar refractivity (Wildman–Crippen MR) is 73.6 cm³/mol. The van der Waals surface area contributed by atoms with Crippen molar-refractivity contribution in [3.05, 3.63) is 68.5 Å². The Labute approximate surface area is 124 Å². The summed E-state index contributed by atoms with van der Waals surface area (Å²) < 4.78 is 18.9. The maximum atomic E-state index is 13.6. The summed E-state index contributed by atoms with van der Waals surface area (Å²) in [5.74, 6) is -0.705. The standard InChI is InChI=1S/C14H8ClFN2O3/c15-11-3-1-10(6-13(11)18(19)20)8-21-14-4-2-9(7-17)5-12(14)16/h1-6H,8H2. The molecular weight excluding hydrogens is 299 g/mol. The molecule has 0 aliphatic rings. The highest BCUT2D eigenvalue weighted by atomic mass is 35.5. The number of ether oxygens (including phenoxy) is 1. The third-order valence-electron chi connectivity index (χ3n) is 2.66. The quantitative estimate of drug-likeness (QED) is 0.635. The van der Waals surface area contributed by atoms with E-state index in [1.54, 1.807) is 6.07 Å². The molecule has 5 nitrogen and oxygen atoms in total. The van der Waals surface area contributed by atoms with Crippen LogP contribution in [0.15, 0.2) is 36.4 Å². The monoisotopic (exact) mass is 306 g/mol. The Hall–Kier alpha value is -2.65. The van der Waals surface area contributed by atoms with Crippen LogP contribution in [0.1, 0.15) is 11.1 Å². The molecule has 0 saturated heterocycles. The largest absolute Gasteiger partial charge is 0.486 e. The lowest BCUT2D eigenvalue weighted by Crippen LogP contribution is -1.99. The van der Waals surface area contributed by atoms with E-state index in [0.29, 0.717) is 5.56 Å². The van der Waals surface area contributed by atoms with Crippen molar-refractivity contribution in [2.24, 2.45) is 0 Å². The number of rotatable bonds is 4. The molecule has 0 bridgehead atoms. The van der Waals surface area contributed by atoms with Crippen molar-refractivity contribution >= 4 is 17.3 Å². The molecule has 106 valence electrons. The Balaban J connectivity index is 2.15. The lowest BCUT2D eigenvalue weighted by Gasteiger charge is -2.07. The van der Waals surface area contributed by atoms with Crippen LogP contribution in [0.5, 0.6) is 5.75 Å². The van der Waals surface area contributed by atoms with Crippen molar-refractivity contribution < 1.29 is 14.1 Å². The molecule has 0 aliphatic carbocycles. The van der Waals surface area contributed by atoms with Crippen LogP contribution in [0.25, 0.3) is 0 Å². The third kappa shape index (κ3) is 3.46. The second kappa shape index (κ2) is 6.20. The first kappa shape index (κ1) is 14.8. The maximum absolute atomic E-state index is 13.6. The second-order valence-corrected chi connectivity index (χ2v) is 4.50. The summed E-state index contributed by atoms with van der Waals surface area (Å²) in [5.41, 5.74) is 0.426. The van der Waals surface area contributed by atoms with Crippen LogP contribution in [0.3, 0.4) is 0 Å². The first-order chi connectivity index (χ1) is 10.0. The van der Waals surface area contributed by atoms with Crippen molar-refractivity contribution in [1.82, 2.24) is 0 Å². The van der Waals surface area contributed by atoms with Gasteiger partial charge in [-0.3, -0.25) is 10.1 Å². The van der Waals surface area contributed by atoms with Gasteiger partial charge < -0.3 is 4.74 Å². The highest BCUT2D eigenvalue weighted by Crippen LogP contribution is 2.26. The highest BCUT2D eigenvalue weighted by molar-refractivity contribution is 6.32. The summed E-state index contributed by atoms with van der Waals surface area (Å²) in [6.45, 7) is -0.0547. The number of nitro benzene ring substituents is 1. The molecule has 0 amide bonds. The summed E-state index contributed by atoms with van der Waals surface area (Å²) in [4.78, 5) is 10.2. The first-order valence-corrected chi connectivity index (χ1v) is 6.14. The van der Waals surface area contributed by atoms with E-state index in [2.05, 4.69) is 0 Å². The van der Waals surface area contributed by atoms with E-state index >= 15 is 0 Å². The smallest absolute Gasteiger partial charge is 0.288 e. The molecule has 0 spiro atoms. The van der Waals surface area contributed by atoms with Crippen molar-refractivity contribution in [3.8, 4) is 11.8 Å². The zero-order chi connectivity index (χ0) is 15.4. The number of nitriles is 1. The van der Waals surface area contributed by atoms with Crippen LogP contribution in [0.4, 0.5) is 10.1 Å². The number of hydrogen-bond acceptors (Lipinski definition) is 4. The number of hydrogen-bond donors (Lipinski definition) is 0. The van der Waals surface area contributed by atoms with Gasteiger partial charge in [-0.05, 0) is 29.8 Å². The SMILES string of the molecule is N#Cc1ccc(OCc2ccc(Cl)c([N+](=O)[O-])c2)c(F)c1. The Morgan fingerprint density at radius 1 is 1.33 bits per heavy atom. The minimum Gasteiger partial charge on any atom is -0.486 e. The predicted octanol–water partition coefficient (Wildman–Crippen LogP) is 3.84. The van der Waals surface area contributed by atoms with E-state index in [4.69, 9.17) is 21.6 Å².